The van der Waals surface area contributed by atoms with Crippen molar-refractivity contribution in [2.45, 2.75) is 45.8 Å². The van der Waals surface area contributed by atoms with Gasteiger partial charge in [0.25, 0.3) is 0 Å². The summed E-state index contributed by atoms with van der Waals surface area (Å²) in [5, 5.41) is 5.41. The second-order valence-corrected chi connectivity index (χ2v) is 8.33. The standard InChI is InChI=1S/C22H27FN2O2S/c1-14-10-11-18(13-19(14)23)24-22(27)17(4)28-12-6-9-20(26)25-21-15(2)7-5-8-16(21)3/h5,7-8,10-11,13,17H,6,9,12H2,1-4H3,(H,24,27)(H,25,26). The topological polar surface area (TPSA) is 58.2 Å². The molecule has 0 fully saturated rings. The lowest BCUT2D eigenvalue weighted by atomic mass is 10.1. The van der Waals surface area contributed by atoms with Crippen LogP contribution in [0.2, 0.25) is 0 Å². The summed E-state index contributed by atoms with van der Waals surface area (Å²) in [5.41, 5.74) is 3.95. The largest absolute Gasteiger partial charge is 0.326 e. The van der Waals surface area contributed by atoms with E-state index in [4.69, 9.17) is 0 Å². The third-order valence-corrected chi connectivity index (χ3v) is 5.71. The highest BCUT2D eigenvalue weighted by molar-refractivity contribution is 8.00. The first-order chi connectivity index (χ1) is 13.3. The molecular formula is C22H27FN2O2S. The molecule has 2 rings (SSSR count). The van der Waals surface area contributed by atoms with Gasteiger partial charge in [0.15, 0.2) is 0 Å². The maximum atomic E-state index is 13.6. The summed E-state index contributed by atoms with van der Waals surface area (Å²) in [6.07, 6.45) is 1.08. The molecule has 0 aliphatic rings. The number of para-hydroxylation sites is 1. The molecular weight excluding hydrogens is 375 g/mol. The number of anilines is 2. The van der Waals surface area contributed by atoms with Crippen LogP contribution in [-0.2, 0) is 9.59 Å². The Kier molecular flexibility index (Phi) is 8.05. The molecule has 0 spiro atoms. The number of carbonyl (C=O) groups excluding carboxylic acids is 2. The second kappa shape index (κ2) is 10.3. The molecule has 2 aromatic rings. The second-order valence-electron chi connectivity index (χ2n) is 6.88. The van der Waals surface area contributed by atoms with Gasteiger partial charge in [0, 0.05) is 17.8 Å². The van der Waals surface area contributed by atoms with Gasteiger partial charge in [0.1, 0.15) is 5.82 Å². The van der Waals surface area contributed by atoms with Crippen LogP contribution < -0.4 is 10.6 Å². The van der Waals surface area contributed by atoms with E-state index in [1.165, 1.54) is 17.8 Å². The van der Waals surface area contributed by atoms with Gasteiger partial charge in [-0.3, -0.25) is 9.59 Å². The molecule has 0 saturated heterocycles. The van der Waals surface area contributed by atoms with Crippen LogP contribution in [0.1, 0.15) is 36.5 Å². The molecule has 0 heterocycles. The lowest BCUT2D eigenvalue weighted by Crippen LogP contribution is -2.23. The van der Waals surface area contributed by atoms with Gasteiger partial charge >= 0.3 is 0 Å². The van der Waals surface area contributed by atoms with Crippen molar-refractivity contribution < 1.29 is 14.0 Å². The lowest BCUT2D eigenvalue weighted by Gasteiger charge is -2.13. The predicted molar refractivity (Wildman–Crippen MR) is 115 cm³/mol. The van der Waals surface area contributed by atoms with E-state index in [9.17, 15) is 14.0 Å². The van der Waals surface area contributed by atoms with E-state index in [1.807, 2.05) is 32.0 Å². The number of nitrogens with one attached hydrogen (secondary N) is 2. The summed E-state index contributed by atoms with van der Waals surface area (Å²) in [6, 6.07) is 10.6. The van der Waals surface area contributed by atoms with Gasteiger partial charge in [-0.2, -0.15) is 0 Å². The van der Waals surface area contributed by atoms with Crippen molar-refractivity contribution in [3.63, 3.8) is 0 Å². The minimum absolute atomic E-state index is 0.0229. The van der Waals surface area contributed by atoms with Gasteiger partial charge in [-0.15, -0.1) is 11.8 Å². The number of rotatable bonds is 8. The number of carbonyl (C=O) groups is 2. The third kappa shape index (κ3) is 6.37. The van der Waals surface area contributed by atoms with Crippen LogP contribution >= 0.6 is 11.8 Å². The average molecular weight is 403 g/mol. The molecule has 0 bridgehead atoms. The lowest BCUT2D eigenvalue weighted by molar-refractivity contribution is -0.116. The molecule has 0 aliphatic carbocycles. The Balaban J connectivity index is 1.72. The molecule has 2 N–H and O–H groups in total. The van der Waals surface area contributed by atoms with Crippen molar-refractivity contribution in [3.8, 4) is 0 Å². The van der Waals surface area contributed by atoms with Gasteiger partial charge in [-0.05, 0) is 68.7 Å². The minimum Gasteiger partial charge on any atom is -0.326 e. The molecule has 0 saturated carbocycles. The van der Waals surface area contributed by atoms with Crippen molar-refractivity contribution in [3.05, 3.63) is 58.9 Å². The van der Waals surface area contributed by atoms with Crippen LogP contribution in [0.25, 0.3) is 0 Å². The monoisotopic (exact) mass is 402 g/mol. The van der Waals surface area contributed by atoms with Crippen molar-refractivity contribution in [1.29, 1.82) is 0 Å². The fraction of sp³-hybridized carbons (Fsp3) is 0.364. The highest BCUT2D eigenvalue weighted by Crippen LogP contribution is 2.21. The summed E-state index contributed by atoms with van der Waals surface area (Å²) in [4.78, 5) is 24.4. The zero-order chi connectivity index (χ0) is 20.7. The third-order valence-electron chi connectivity index (χ3n) is 4.47. The normalized spacial score (nSPS) is 11.8. The molecule has 0 aromatic heterocycles. The molecule has 1 atom stereocenters. The van der Waals surface area contributed by atoms with Gasteiger partial charge in [-0.1, -0.05) is 24.3 Å². The highest BCUT2D eigenvalue weighted by Gasteiger charge is 2.14. The first-order valence-corrected chi connectivity index (χ1v) is 10.4. The smallest absolute Gasteiger partial charge is 0.237 e. The highest BCUT2D eigenvalue weighted by atomic mass is 32.2. The molecule has 28 heavy (non-hydrogen) atoms. The fourth-order valence-corrected chi connectivity index (χ4v) is 3.57. The van der Waals surface area contributed by atoms with E-state index in [1.54, 1.807) is 26.0 Å². The number of hydrogen-bond donors (Lipinski definition) is 2. The maximum Gasteiger partial charge on any atom is 0.237 e. The summed E-state index contributed by atoms with van der Waals surface area (Å²) in [6.45, 7) is 7.43. The van der Waals surface area contributed by atoms with Crippen molar-refractivity contribution >= 4 is 35.0 Å². The number of halogens is 1. The van der Waals surface area contributed by atoms with Gasteiger partial charge in [0.2, 0.25) is 11.8 Å². The minimum atomic E-state index is -0.340. The van der Waals surface area contributed by atoms with E-state index < -0.39 is 0 Å². The molecule has 1 unspecified atom stereocenters. The zero-order valence-electron chi connectivity index (χ0n) is 16.8. The number of hydrogen-bond acceptors (Lipinski definition) is 3. The van der Waals surface area contributed by atoms with Crippen LogP contribution in [0.3, 0.4) is 0 Å². The number of amides is 2. The van der Waals surface area contributed by atoms with E-state index in [-0.39, 0.29) is 22.9 Å². The van der Waals surface area contributed by atoms with Gasteiger partial charge in [-0.25, -0.2) is 4.39 Å². The van der Waals surface area contributed by atoms with Crippen molar-refractivity contribution in [2.24, 2.45) is 0 Å². The molecule has 2 aromatic carbocycles. The van der Waals surface area contributed by atoms with Crippen molar-refractivity contribution in [2.75, 3.05) is 16.4 Å². The molecule has 0 aliphatic heterocycles. The summed E-state index contributed by atoms with van der Waals surface area (Å²) in [7, 11) is 0. The van der Waals surface area contributed by atoms with E-state index in [0.29, 0.717) is 29.8 Å². The fourth-order valence-electron chi connectivity index (χ4n) is 2.70. The van der Waals surface area contributed by atoms with Gasteiger partial charge in [0.05, 0.1) is 5.25 Å². The Bertz CT molecular complexity index is 834. The van der Waals surface area contributed by atoms with Gasteiger partial charge < -0.3 is 10.6 Å². The summed E-state index contributed by atoms with van der Waals surface area (Å²) in [5.74, 6) is 0.156. The Morgan fingerprint density at radius 3 is 2.36 bits per heavy atom. The number of aryl methyl sites for hydroxylation is 3. The Hall–Kier alpha value is -2.34. The van der Waals surface area contributed by atoms with Crippen LogP contribution in [0.4, 0.5) is 15.8 Å². The summed E-state index contributed by atoms with van der Waals surface area (Å²) < 4.78 is 13.6. The number of benzene rings is 2. The van der Waals surface area contributed by atoms with Crippen LogP contribution in [0.15, 0.2) is 36.4 Å². The molecule has 6 heteroatoms. The van der Waals surface area contributed by atoms with E-state index in [0.717, 1.165) is 16.8 Å². The van der Waals surface area contributed by atoms with Crippen LogP contribution in [-0.4, -0.2) is 22.8 Å². The predicted octanol–water partition coefficient (Wildman–Crippen LogP) is 5.23. The average Bonchev–Trinajstić information content (AvgIpc) is 2.64. The molecule has 2 amide bonds. The maximum absolute atomic E-state index is 13.6. The quantitative estimate of drug-likeness (QED) is 0.595. The Labute approximate surface area is 170 Å². The van der Waals surface area contributed by atoms with E-state index >= 15 is 0 Å². The summed E-state index contributed by atoms with van der Waals surface area (Å²) >= 11 is 1.48. The first-order valence-electron chi connectivity index (χ1n) is 9.32. The Morgan fingerprint density at radius 1 is 1.04 bits per heavy atom. The van der Waals surface area contributed by atoms with Crippen molar-refractivity contribution in [1.82, 2.24) is 0 Å². The SMILES string of the molecule is Cc1ccc(NC(=O)C(C)SCCCC(=O)Nc2c(C)cccc2C)cc1F. The first kappa shape index (κ1) is 22.0. The Morgan fingerprint density at radius 2 is 1.71 bits per heavy atom. The van der Waals surface area contributed by atoms with Crippen LogP contribution in [0.5, 0.6) is 0 Å². The zero-order valence-corrected chi connectivity index (χ0v) is 17.6. The molecule has 4 nitrogen and oxygen atoms in total. The van der Waals surface area contributed by atoms with E-state index in [2.05, 4.69) is 10.6 Å². The number of thioether (sulfide) groups is 1. The van der Waals surface area contributed by atoms with Crippen LogP contribution in [0, 0.1) is 26.6 Å². The molecule has 150 valence electrons. The molecule has 0 radical (unpaired) electrons.